The van der Waals surface area contributed by atoms with Gasteiger partial charge in [-0.15, -0.1) is 0 Å². The quantitative estimate of drug-likeness (QED) is 0.201. The molecule has 3 atom stereocenters. The highest BCUT2D eigenvalue weighted by Gasteiger charge is 2.51. The van der Waals surface area contributed by atoms with Gasteiger partial charge in [0.25, 0.3) is 0 Å². The molecule has 0 bridgehead atoms. The van der Waals surface area contributed by atoms with Gasteiger partial charge in [-0.2, -0.15) is 31.4 Å². The van der Waals surface area contributed by atoms with Crippen molar-refractivity contribution < 1.29 is 55.7 Å². The lowest BCUT2D eigenvalue weighted by Gasteiger charge is -2.47. The molecule has 1 aromatic rings. The molecule has 2 rings (SSSR count). The van der Waals surface area contributed by atoms with Crippen LogP contribution in [0, 0.1) is 23.2 Å². The van der Waals surface area contributed by atoms with Gasteiger partial charge in [-0.1, -0.05) is 27.7 Å². The summed E-state index contributed by atoms with van der Waals surface area (Å²) in [6.45, 7) is 14.5. The highest BCUT2D eigenvalue weighted by atomic mass is 19.4. The minimum atomic E-state index is -5.08. The first-order valence-corrected chi connectivity index (χ1v) is 15.4. The number of aliphatic carboxylic acids is 2. The zero-order valence-corrected chi connectivity index (χ0v) is 28.7. The molecule has 278 valence electrons. The van der Waals surface area contributed by atoms with Crippen molar-refractivity contribution in [3.8, 4) is 0 Å². The van der Waals surface area contributed by atoms with E-state index < -0.39 is 29.7 Å². The number of carboxylic acids is 2. The van der Waals surface area contributed by atoms with Gasteiger partial charge in [0.2, 0.25) is 11.8 Å². The number of carboxylic acid groups (broad SMARTS) is 2. The fourth-order valence-electron chi connectivity index (χ4n) is 5.11. The van der Waals surface area contributed by atoms with Crippen molar-refractivity contribution >= 4 is 23.8 Å². The van der Waals surface area contributed by atoms with Crippen LogP contribution < -0.4 is 10.6 Å². The monoisotopic (exact) mass is 704 g/mol. The highest BCUT2D eigenvalue weighted by Crippen LogP contribution is 2.51. The summed E-state index contributed by atoms with van der Waals surface area (Å²) in [5.41, 5.74) is 1.72. The molecule has 1 aliphatic rings. The Labute approximate surface area is 277 Å². The Hall–Kier alpha value is -3.41. The predicted octanol–water partition coefficient (Wildman–Crippen LogP) is 4.10. The molecule has 1 heterocycles. The van der Waals surface area contributed by atoms with Gasteiger partial charge in [0.15, 0.2) is 0 Å². The van der Waals surface area contributed by atoms with Gasteiger partial charge in [-0.25, -0.2) is 9.59 Å². The molecular formula is C30H50F6N6O6. The van der Waals surface area contributed by atoms with E-state index in [2.05, 4.69) is 60.5 Å². The first-order valence-electron chi connectivity index (χ1n) is 15.4. The number of aromatic nitrogens is 2. The molecule has 0 spiro atoms. The number of carbonyl (C=O) groups excluding carboxylic acids is 2. The van der Waals surface area contributed by atoms with E-state index in [0.717, 1.165) is 37.3 Å². The predicted molar refractivity (Wildman–Crippen MR) is 165 cm³/mol. The van der Waals surface area contributed by atoms with E-state index in [1.807, 2.05) is 27.2 Å². The molecule has 1 fully saturated rings. The molecule has 1 aliphatic carbocycles. The van der Waals surface area contributed by atoms with Crippen LogP contribution in [0.25, 0.3) is 0 Å². The summed E-state index contributed by atoms with van der Waals surface area (Å²) in [4.78, 5) is 48.7. The average molecular weight is 705 g/mol. The van der Waals surface area contributed by atoms with Gasteiger partial charge in [0.05, 0.1) is 5.69 Å². The second kappa shape index (κ2) is 19.6. The van der Waals surface area contributed by atoms with Gasteiger partial charge in [0, 0.05) is 69.3 Å². The third-order valence-corrected chi connectivity index (χ3v) is 8.13. The number of halogens is 6. The van der Waals surface area contributed by atoms with Crippen molar-refractivity contribution in [2.24, 2.45) is 23.2 Å². The standard InChI is InChI=1S/C26H48N6O2.2C2HF3O2/c1-9-32(8)25(34)22-15-19(23-20(16-29-30-23)17-31(7)13-12-27-6)14-21(26(22,4)5)24(33)28-11-10-18(2)3;2*3-2(4,5)1(6)7/h16,18-19,21-22,27H,9-15,17H2,1-8H3,(H,28,33)(H,29,30);2*(H,6,7). The number of nitrogens with zero attached hydrogens (tertiary/aromatic N) is 3. The van der Waals surface area contributed by atoms with Crippen molar-refractivity contribution in [3.05, 3.63) is 17.5 Å². The second-order valence-electron chi connectivity index (χ2n) is 12.7. The first kappa shape index (κ1) is 44.6. The maximum Gasteiger partial charge on any atom is 0.490 e. The molecule has 0 aromatic carbocycles. The first-order chi connectivity index (χ1) is 21.9. The van der Waals surface area contributed by atoms with Crippen LogP contribution in [0.2, 0.25) is 0 Å². The van der Waals surface area contributed by atoms with E-state index in [9.17, 15) is 35.9 Å². The fourth-order valence-corrected chi connectivity index (χ4v) is 5.11. The Morgan fingerprint density at radius 1 is 1.00 bits per heavy atom. The number of nitrogens with one attached hydrogen (secondary N) is 3. The molecule has 48 heavy (non-hydrogen) atoms. The average Bonchev–Trinajstić information content (AvgIpc) is 3.42. The summed E-state index contributed by atoms with van der Waals surface area (Å²) in [6, 6.07) is 0. The number of hydrogen-bond acceptors (Lipinski definition) is 7. The van der Waals surface area contributed by atoms with Crippen LogP contribution in [0.3, 0.4) is 0 Å². The SMILES string of the molecule is CCN(C)C(=O)C1CC(c2n[nH]cc2CN(C)CCNC)CC(C(=O)NCCC(C)C)C1(C)C.O=C(O)C(F)(F)F.O=C(O)C(F)(F)F. The Balaban J connectivity index is 0.00000131. The van der Waals surface area contributed by atoms with Gasteiger partial charge >= 0.3 is 24.3 Å². The summed E-state index contributed by atoms with van der Waals surface area (Å²) in [7, 11) is 5.92. The Kier molecular flexibility index (Phi) is 18.2. The number of H-pyrrole nitrogens is 1. The second-order valence-corrected chi connectivity index (χ2v) is 12.7. The van der Waals surface area contributed by atoms with Crippen LogP contribution in [0.5, 0.6) is 0 Å². The number of alkyl halides is 6. The third-order valence-electron chi connectivity index (χ3n) is 8.13. The smallest absolute Gasteiger partial charge is 0.475 e. The molecule has 3 unspecified atom stereocenters. The van der Waals surface area contributed by atoms with Crippen LogP contribution in [-0.2, 0) is 25.7 Å². The van der Waals surface area contributed by atoms with Gasteiger partial charge in [0.1, 0.15) is 0 Å². The van der Waals surface area contributed by atoms with Crippen LogP contribution in [-0.4, -0.2) is 114 Å². The topological polar surface area (TPSA) is 168 Å². The van der Waals surface area contributed by atoms with Crippen molar-refractivity contribution in [2.75, 3.05) is 47.3 Å². The van der Waals surface area contributed by atoms with Gasteiger partial charge < -0.3 is 30.6 Å². The molecule has 1 saturated carbocycles. The number of likely N-dealkylation sites (N-methyl/N-ethyl adjacent to an activating group) is 2. The Bertz CT molecular complexity index is 1150. The molecule has 5 N–H and O–H groups in total. The van der Waals surface area contributed by atoms with Crippen molar-refractivity contribution in [2.45, 2.75) is 78.7 Å². The molecule has 0 saturated heterocycles. The molecule has 18 heteroatoms. The lowest BCUT2D eigenvalue weighted by atomic mass is 9.58. The maximum absolute atomic E-state index is 13.5. The maximum atomic E-state index is 13.5. The largest absolute Gasteiger partial charge is 0.490 e. The van der Waals surface area contributed by atoms with E-state index in [1.165, 1.54) is 0 Å². The van der Waals surface area contributed by atoms with Crippen LogP contribution in [0.1, 0.15) is 71.1 Å². The van der Waals surface area contributed by atoms with E-state index in [1.54, 1.807) is 4.90 Å². The van der Waals surface area contributed by atoms with Crippen molar-refractivity contribution in [1.82, 2.24) is 30.6 Å². The zero-order chi connectivity index (χ0) is 37.6. The van der Waals surface area contributed by atoms with Crippen LogP contribution in [0.4, 0.5) is 26.3 Å². The molecule has 0 aliphatic heterocycles. The number of amides is 2. The number of rotatable bonds is 12. The summed E-state index contributed by atoms with van der Waals surface area (Å²) >= 11 is 0. The lowest BCUT2D eigenvalue weighted by molar-refractivity contribution is -0.193. The summed E-state index contributed by atoms with van der Waals surface area (Å²) < 4.78 is 63.5. The molecule has 2 amide bonds. The number of hydrogen-bond donors (Lipinski definition) is 5. The minimum absolute atomic E-state index is 0.0621. The lowest BCUT2D eigenvalue weighted by Crippen LogP contribution is -2.52. The Morgan fingerprint density at radius 2 is 1.50 bits per heavy atom. The van der Waals surface area contributed by atoms with Gasteiger partial charge in [-0.3, -0.25) is 14.7 Å². The summed E-state index contributed by atoms with van der Waals surface area (Å²) in [5, 5.41) is 28.3. The molecule has 1 aromatic heterocycles. The van der Waals surface area contributed by atoms with Crippen LogP contribution in [0.15, 0.2) is 6.20 Å². The van der Waals surface area contributed by atoms with E-state index in [4.69, 9.17) is 19.8 Å². The van der Waals surface area contributed by atoms with E-state index in [0.29, 0.717) is 31.8 Å². The zero-order valence-electron chi connectivity index (χ0n) is 28.7. The normalized spacial score (nSPS) is 19.0. The van der Waals surface area contributed by atoms with Gasteiger partial charge in [-0.05, 0) is 51.6 Å². The third kappa shape index (κ3) is 14.8. The highest BCUT2D eigenvalue weighted by molar-refractivity contribution is 5.84. The molecule has 0 radical (unpaired) electrons. The summed E-state index contributed by atoms with van der Waals surface area (Å²) in [5.74, 6) is -5.21. The van der Waals surface area contributed by atoms with Crippen LogP contribution >= 0.6 is 0 Å². The molecular weight excluding hydrogens is 654 g/mol. The number of aromatic amines is 1. The summed E-state index contributed by atoms with van der Waals surface area (Å²) in [6.07, 6.45) is -5.83. The van der Waals surface area contributed by atoms with E-state index in [-0.39, 0.29) is 29.6 Å². The van der Waals surface area contributed by atoms with Crippen molar-refractivity contribution in [1.29, 1.82) is 0 Å². The Morgan fingerprint density at radius 3 is 1.94 bits per heavy atom. The van der Waals surface area contributed by atoms with E-state index >= 15 is 0 Å². The van der Waals surface area contributed by atoms with Crippen molar-refractivity contribution in [3.63, 3.8) is 0 Å². The minimum Gasteiger partial charge on any atom is -0.475 e. The molecule has 12 nitrogen and oxygen atoms in total. The number of carbonyl (C=O) groups is 4. The fraction of sp³-hybridized carbons (Fsp3) is 0.767.